The molecule has 8 N–H and O–H groups in total. The maximum atomic E-state index is 14.0. The summed E-state index contributed by atoms with van der Waals surface area (Å²) in [5, 5.41) is 63.3. The Bertz CT molecular complexity index is 1440. The summed E-state index contributed by atoms with van der Waals surface area (Å²) < 4.78 is 0. The van der Waals surface area contributed by atoms with Gasteiger partial charge in [0.2, 0.25) is 5.78 Å². The molecule has 1 fully saturated rings. The zero-order chi connectivity index (χ0) is 31.6. The maximum Gasteiger partial charge on any atom is 0.255 e. The van der Waals surface area contributed by atoms with Crippen LogP contribution in [-0.2, 0) is 20.8 Å². The van der Waals surface area contributed by atoms with Crippen LogP contribution in [0.15, 0.2) is 28.3 Å². The highest BCUT2D eigenvalue weighted by Crippen LogP contribution is 2.54. The lowest BCUT2D eigenvalue weighted by Crippen LogP contribution is -2.65. The van der Waals surface area contributed by atoms with E-state index in [0.29, 0.717) is 6.54 Å². The van der Waals surface area contributed by atoms with Crippen molar-refractivity contribution in [2.24, 2.45) is 28.3 Å². The van der Waals surface area contributed by atoms with Crippen molar-refractivity contribution in [1.82, 2.24) is 10.2 Å². The molecule has 1 aromatic rings. The number of aliphatic hydroxyl groups is 4. The number of rotatable bonds is 7. The summed E-state index contributed by atoms with van der Waals surface area (Å²) in [7, 11) is 4.36. The van der Waals surface area contributed by atoms with Crippen LogP contribution in [0.5, 0.6) is 5.75 Å². The molecule has 0 saturated heterocycles. The smallest absolute Gasteiger partial charge is 0.255 e. The third-order valence-corrected chi connectivity index (χ3v) is 8.32. The fraction of sp³-hybridized carbons (Fsp3) is 0.536. The Kier molecular flexibility index (Phi) is 7.74. The molecule has 1 aromatic carbocycles. The van der Waals surface area contributed by atoms with Crippen LogP contribution in [0.4, 0.5) is 5.69 Å². The van der Waals surface area contributed by atoms with Crippen molar-refractivity contribution >= 4 is 28.9 Å². The van der Waals surface area contributed by atoms with Gasteiger partial charge in [0.05, 0.1) is 22.6 Å². The fourth-order valence-corrected chi connectivity index (χ4v) is 6.37. The molecule has 0 aromatic heterocycles. The maximum absolute atomic E-state index is 14.0. The number of carbonyl (C=O) groups excluding carboxylic acids is 3. The van der Waals surface area contributed by atoms with Crippen LogP contribution in [0.25, 0.3) is 5.76 Å². The number of amides is 1. The number of nitrogens with one attached hydrogen (secondary N) is 1. The number of aromatic hydroxyl groups is 1. The Morgan fingerprint density at radius 2 is 1.83 bits per heavy atom. The van der Waals surface area contributed by atoms with E-state index in [-0.39, 0.29) is 46.2 Å². The zero-order valence-corrected chi connectivity index (χ0v) is 24.3. The number of phenols is 1. The number of likely N-dealkylation sites (N-methyl/N-ethyl adjacent to an activating group) is 1. The molecule has 0 aliphatic heterocycles. The van der Waals surface area contributed by atoms with Crippen LogP contribution in [-0.4, -0.2) is 87.2 Å². The van der Waals surface area contributed by atoms with E-state index in [9.17, 15) is 44.8 Å². The third-order valence-electron chi connectivity index (χ3n) is 8.32. The summed E-state index contributed by atoms with van der Waals surface area (Å²) >= 11 is 0. The van der Waals surface area contributed by atoms with Crippen LogP contribution in [0.1, 0.15) is 50.1 Å². The van der Waals surface area contributed by atoms with Crippen molar-refractivity contribution in [3.05, 3.63) is 44.6 Å². The number of aliphatic hydroxyl groups excluding tert-OH is 3. The lowest BCUT2D eigenvalue weighted by Gasteiger charge is -2.50. The van der Waals surface area contributed by atoms with Gasteiger partial charge in [-0.25, -0.2) is 5.01 Å². The standard InChI is InChI=1S/C28H37N5O9/c1-27(2,3)10-30-26(40)13-9-15(33(6)31-42)12-7-11-8-14-19(32(4)5)22(36)18(25(29)39)24(38)28(14,41)23(37)16(11)21(35)17(12)20(13)34/h9,11,14,19,26,30,34-35,38,40-41H,7-8,10H2,1-6H3,(H2,29,39)/t11-,14-,19-,26?,28-/m0/s1. The average molecular weight is 588 g/mol. The van der Waals surface area contributed by atoms with Gasteiger partial charge in [-0.3, -0.25) is 24.6 Å². The highest BCUT2D eigenvalue weighted by atomic mass is 16.3. The average Bonchev–Trinajstić information content (AvgIpc) is 2.88. The Hall–Kier alpha value is -3.85. The van der Waals surface area contributed by atoms with Gasteiger partial charge in [0.1, 0.15) is 29.1 Å². The minimum absolute atomic E-state index is 0.0386. The molecule has 1 unspecified atom stereocenters. The topological polar surface area (TPSA) is 226 Å². The number of phenolic OH excluding ortho intramolecular Hbond substituents is 1. The van der Waals surface area contributed by atoms with Crippen molar-refractivity contribution in [2.75, 3.05) is 32.7 Å². The number of hydrogen-bond donors (Lipinski definition) is 7. The highest BCUT2D eigenvalue weighted by Gasteiger charge is 2.64. The van der Waals surface area contributed by atoms with Crippen LogP contribution < -0.4 is 16.1 Å². The molecule has 5 atom stereocenters. The number of nitrogens with two attached hydrogens (primary N) is 1. The van der Waals surface area contributed by atoms with E-state index >= 15 is 0 Å². The minimum atomic E-state index is -2.78. The predicted molar refractivity (Wildman–Crippen MR) is 151 cm³/mol. The van der Waals surface area contributed by atoms with Gasteiger partial charge in [0, 0.05) is 30.6 Å². The van der Waals surface area contributed by atoms with E-state index < -0.39 is 70.0 Å². The van der Waals surface area contributed by atoms with E-state index in [2.05, 4.69) is 10.6 Å². The van der Waals surface area contributed by atoms with E-state index in [1.165, 1.54) is 32.1 Å². The van der Waals surface area contributed by atoms with Crippen LogP contribution in [0.2, 0.25) is 0 Å². The van der Waals surface area contributed by atoms with E-state index in [1.54, 1.807) is 0 Å². The van der Waals surface area contributed by atoms with Gasteiger partial charge in [0.15, 0.2) is 11.4 Å². The third kappa shape index (κ3) is 4.64. The van der Waals surface area contributed by atoms with Gasteiger partial charge in [-0.1, -0.05) is 20.8 Å². The number of nitroso groups, excluding NO2 is 1. The van der Waals surface area contributed by atoms with Gasteiger partial charge in [-0.2, -0.15) is 0 Å². The summed E-state index contributed by atoms with van der Waals surface area (Å²) in [4.78, 5) is 52.4. The Balaban J connectivity index is 1.96. The quantitative estimate of drug-likeness (QED) is 0.101. The summed E-state index contributed by atoms with van der Waals surface area (Å²) in [6, 6.07) is 0.136. The molecule has 14 nitrogen and oxygen atoms in total. The van der Waals surface area contributed by atoms with E-state index in [1.807, 2.05) is 20.8 Å². The lowest BCUT2D eigenvalue weighted by atomic mass is 9.57. The molecular formula is C28H37N5O9. The molecule has 0 radical (unpaired) electrons. The first-order valence-corrected chi connectivity index (χ1v) is 13.4. The van der Waals surface area contributed by atoms with Gasteiger partial charge < -0.3 is 31.3 Å². The monoisotopic (exact) mass is 587 g/mol. The molecule has 228 valence electrons. The van der Waals surface area contributed by atoms with Crippen molar-refractivity contribution in [2.45, 2.75) is 51.5 Å². The number of ketones is 2. The van der Waals surface area contributed by atoms with Crippen molar-refractivity contribution in [1.29, 1.82) is 0 Å². The molecule has 3 aliphatic carbocycles. The Morgan fingerprint density at radius 3 is 2.36 bits per heavy atom. The normalized spacial score (nSPS) is 26.5. The van der Waals surface area contributed by atoms with Gasteiger partial charge in [0.25, 0.3) is 5.91 Å². The van der Waals surface area contributed by atoms with Crippen molar-refractivity contribution < 1.29 is 39.9 Å². The number of fused-ring (bicyclic) bond motifs is 3. The summed E-state index contributed by atoms with van der Waals surface area (Å²) in [5.74, 6) is -7.93. The Labute approximate surface area is 242 Å². The first-order valence-electron chi connectivity index (χ1n) is 13.4. The Morgan fingerprint density at radius 1 is 1.21 bits per heavy atom. The summed E-state index contributed by atoms with van der Waals surface area (Å²) in [5.41, 5.74) is 1.08. The summed E-state index contributed by atoms with van der Waals surface area (Å²) in [6.07, 6.45) is -1.60. The van der Waals surface area contributed by atoms with Gasteiger partial charge in [-0.05, 0) is 49.9 Å². The number of carbonyl (C=O) groups is 3. The molecule has 4 rings (SSSR count). The van der Waals surface area contributed by atoms with E-state index in [4.69, 9.17) is 5.73 Å². The molecular weight excluding hydrogens is 550 g/mol. The number of nitrogens with zero attached hydrogens (tertiary/aromatic N) is 3. The second kappa shape index (κ2) is 10.5. The number of anilines is 1. The molecule has 42 heavy (non-hydrogen) atoms. The largest absolute Gasteiger partial charge is 0.508 e. The molecule has 1 saturated carbocycles. The highest BCUT2D eigenvalue weighted by molar-refractivity contribution is 6.24. The predicted octanol–water partition coefficient (Wildman–Crippen LogP) is 0.708. The van der Waals surface area contributed by atoms with E-state index in [0.717, 1.165) is 5.01 Å². The van der Waals surface area contributed by atoms with Crippen molar-refractivity contribution in [3.63, 3.8) is 0 Å². The SMILES string of the molecule is CN(N=O)c1cc(C(O)NCC(C)(C)C)c(O)c2c1C[C@H]1C[C@H]3[C@H](N(C)C)C(=O)C(C(N)=O)=C(O)[C@@]3(O)C(=O)C1=C2O. The number of hydrogen-bond acceptors (Lipinski definition) is 12. The fourth-order valence-electron chi connectivity index (χ4n) is 6.37. The zero-order valence-electron chi connectivity index (χ0n) is 24.3. The van der Waals surface area contributed by atoms with Gasteiger partial charge >= 0.3 is 0 Å². The first-order chi connectivity index (χ1) is 19.4. The number of Topliss-reactive ketones (excluding diaryl/α,β-unsaturated/α-hetero) is 2. The number of primary amides is 1. The second-order valence-electron chi connectivity index (χ2n) is 12.6. The van der Waals surface area contributed by atoms with Crippen LogP contribution >= 0.6 is 0 Å². The molecule has 1 amide bonds. The second-order valence-corrected chi connectivity index (χ2v) is 12.6. The number of benzene rings is 1. The van der Waals surface area contributed by atoms with Gasteiger partial charge in [-0.15, -0.1) is 4.91 Å². The molecule has 3 aliphatic rings. The first kappa shape index (κ1) is 31.1. The minimum Gasteiger partial charge on any atom is -0.508 e. The molecule has 14 heteroatoms. The van der Waals surface area contributed by atoms with Crippen LogP contribution in [0.3, 0.4) is 0 Å². The molecule has 0 heterocycles. The van der Waals surface area contributed by atoms with Crippen LogP contribution in [0, 0.1) is 22.2 Å². The summed E-state index contributed by atoms with van der Waals surface area (Å²) in [6.45, 7) is 6.09. The molecule has 0 bridgehead atoms. The van der Waals surface area contributed by atoms with Crippen molar-refractivity contribution in [3.8, 4) is 5.75 Å². The molecule has 0 spiro atoms. The lowest BCUT2D eigenvalue weighted by molar-refractivity contribution is -0.153.